The fraction of sp³-hybridized carbons (Fsp3) is 0.471. The summed E-state index contributed by atoms with van der Waals surface area (Å²) < 4.78 is 2.16. The molecule has 1 aromatic carbocycles. The molecule has 0 aliphatic heterocycles. The van der Waals surface area contributed by atoms with E-state index in [2.05, 4.69) is 47.1 Å². The van der Waals surface area contributed by atoms with Crippen LogP contribution in [0.2, 0.25) is 0 Å². The van der Waals surface area contributed by atoms with Crippen molar-refractivity contribution in [2.45, 2.75) is 44.8 Å². The number of para-hydroxylation sites is 1. The Morgan fingerprint density at radius 2 is 2.00 bits per heavy atom. The lowest BCUT2D eigenvalue weighted by atomic mass is 10.1. The Kier molecular flexibility index (Phi) is 4.25. The van der Waals surface area contributed by atoms with Gasteiger partial charge in [0.2, 0.25) is 0 Å². The van der Waals surface area contributed by atoms with Gasteiger partial charge in [0.15, 0.2) is 0 Å². The number of benzene rings is 1. The molecule has 4 heteroatoms. The van der Waals surface area contributed by atoms with Crippen LogP contribution in [0.25, 0.3) is 0 Å². The van der Waals surface area contributed by atoms with E-state index in [-0.39, 0.29) is 0 Å². The van der Waals surface area contributed by atoms with Gasteiger partial charge in [-0.2, -0.15) is 5.10 Å². The Hall–Kier alpha value is -1.81. The van der Waals surface area contributed by atoms with E-state index in [1.165, 1.54) is 36.9 Å². The minimum Gasteiger partial charge on any atom is -0.368 e. The molecule has 0 saturated heterocycles. The molecule has 21 heavy (non-hydrogen) atoms. The molecule has 0 atom stereocenters. The summed E-state index contributed by atoms with van der Waals surface area (Å²) in [6, 6.07) is 11.1. The molecule has 0 radical (unpaired) electrons. The van der Waals surface area contributed by atoms with E-state index in [1.807, 2.05) is 6.07 Å². The first-order chi connectivity index (χ1) is 10.3. The average molecular weight is 284 g/mol. The van der Waals surface area contributed by atoms with Gasteiger partial charge < -0.3 is 10.6 Å². The van der Waals surface area contributed by atoms with Crippen LogP contribution >= 0.6 is 0 Å². The minimum absolute atomic E-state index is 0.566. The molecular weight excluding hydrogens is 260 g/mol. The van der Waals surface area contributed by atoms with Crippen molar-refractivity contribution in [1.29, 1.82) is 0 Å². The molecular formula is C17H24N4. The molecule has 1 aromatic heterocycles. The summed E-state index contributed by atoms with van der Waals surface area (Å²) in [6.07, 6.45) is 7.35. The van der Waals surface area contributed by atoms with Crippen LogP contribution in [0.4, 0.5) is 5.69 Å². The lowest BCUT2D eigenvalue weighted by Crippen LogP contribution is -2.19. The van der Waals surface area contributed by atoms with Crippen molar-refractivity contribution in [3.8, 4) is 0 Å². The Morgan fingerprint density at radius 1 is 1.24 bits per heavy atom. The second kappa shape index (κ2) is 6.31. The molecule has 1 heterocycles. The maximum atomic E-state index is 5.82. The van der Waals surface area contributed by atoms with Gasteiger partial charge in [0.25, 0.3) is 0 Å². The quantitative estimate of drug-likeness (QED) is 0.917. The Labute approximate surface area is 126 Å². The number of rotatable bonds is 5. The topological polar surface area (TPSA) is 47.1 Å². The summed E-state index contributed by atoms with van der Waals surface area (Å²) in [4.78, 5) is 2.23. The maximum absolute atomic E-state index is 5.82. The molecule has 1 aliphatic carbocycles. The Balaban J connectivity index is 1.71. The fourth-order valence-corrected chi connectivity index (χ4v) is 3.22. The summed E-state index contributed by atoms with van der Waals surface area (Å²) in [5.74, 6) is 0. The molecule has 0 unspecified atom stereocenters. The van der Waals surface area contributed by atoms with Gasteiger partial charge in [-0.25, -0.2) is 0 Å². The highest BCUT2D eigenvalue weighted by Gasteiger charge is 2.18. The van der Waals surface area contributed by atoms with Gasteiger partial charge in [0.05, 0.1) is 18.3 Å². The molecule has 1 fully saturated rings. The summed E-state index contributed by atoms with van der Waals surface area (Å²) in [6.45, 7) is 1.38. The summed E-state index contributed by atoms with van der Waals surface area (Å²) >= 11 is 0. The van der Waals surface area contributed by atoms with Gasteiger partial charge in [0, 0.05) is 25.5 Å². The lowest BCUT2D eigenvalue weighted by molar-refractivity contribution is 0.462. The third kappa shape index (κ3) is 3.10. The van der Waals surface area contributed by atoms with Gasteiger partial charge in [-0.1, -0.05) is 31.0 Å². The largest absolute Gasteiger partial charge is 0.368 e. The van der Waals surface area contributed by atoms with Gasteiger partial charge in [-0.05, 0) is 30.5 Å². The van der Waals surface area contributed by atoms with Crippen molar-refractivity contribution in [2.75, 3.05) is 11.9 Å². The van der Waals surface area contributed by atoms with Gasteiger partial charge in [-0.3, -0.25) is 4.68 Å². The van der Waals surface area contributed by atoms with Gasteiger partial charge in [-0.15, -0.1) is 0 Å². The standard InChI is InChI=1S/C17H24N4/c1-20(17-9-5-2-6-14(17)12-18)13-15-10-11-21(19-15)16-7-3-4-8-16/h2,5-6,9-11,16H,3-4,7-8,12-13,18H2,1H3. The van der Waals surface area contributed by atoms with Crippen LogP contribution in [0.15, 0.2) is 36.5 Å². The Bertz CT molecular complexity index is 584. The zero-order chi connectivity index (χ0) is 14.7. The van der Waals surface area contributed by atoms with Crippen LogP contribution in [-0.2, 0) is 13.1 Å². The zero-order valence-corrected chi connectivity index (χ0v) is 12.7. The van der Waals surface area contributed by atoms with Crippen LogP contribution < -0.4 is 10.6 Å². The molecule has 2 N–H and O–H groups in total. The number of nitrogens with two attached hydrogens (primary N) is 1. The van der Waals surface area contributed by atoms with Gasteiger partial charge >= 0.3 is 0 Å². The second-order valence-corrected chi connectivity index (χ2v) is 5.91. The molecule has 0 spiro atoms. The molecule has 2 aromatic rings. The number of nitrogens with zero attached hydrogens (tertiary/aromatic N) is 3. The first-order valence-corrected chi connectivity index (χ1v) is 7.81. The van der Waals surface area contributed by atoms with Crippen molar-refractivity contribution in [1.82, 2.24) is 9.78 Å². The predicted molar refractivity (Wildman–Crippen MR) is 86.2 cm³/mol. The predicted octanol–water partition coefficient (Wildman–Crippen LogP) is 3.09. The van der Waals surface area contributed by atoms with Crippen molar-refractivity contribution in [3.05, 3.63) is 47.8 Å². The van der Waals surface area contributed by atoms with Crippen LogP contribution in [0.1, 0.15) is 43.0 Å². The van der Waals surface area contributed by atoms with Crippen LogP contribution in [0.3, 0.4) is 0 Å². The van der Waals surface area contributed by atoms with E-state index in [4.69, 9.17) is 10.8 Å². The molecule has 4 nitrogen and oxygen atoms in total. The molecule has 0 bridgehead atoms. The fourth-order valence-electron chi connectivity index (χ4n) is 3.22. The zero-order valence-electron chi connectivity index (χ0n) is 12.7. The van der Waals surface area contributed by atoms with Crippen LogP contribution in [0, 0.1) is 0 Å². The summed E-state index contributed by atoms with van der Waals surface area (Å²) in [7, 11) is 2.10. The minimum atomic E-state index is 0.566. The van der Waals surface area contributed by atoms with Crippen LogP contribution in [-0.4, -0.2) is 16.8 Å². The third-order valence-corrected chi connectivity index (χ3v) is 4.38. The number of hydrogen-bond acceptors (Lipinski definition) is 3. The first kappa shape index (κ1) is 14.1. The van der Waals surface area contributed by atoms with E-state index in [9.17, 15) is 0 Å². The number of hydrogen-bond donors (Lipinski definition) is 1. The first-order valence-electron chi connectivity index (χ1n) is 7.81. The molecule has 1 saturated carbocycles. The molecule has 0 amide bonds. The average Bonchev–Trinajstić information content (AvgIpc) is 3.17. The number of anilines is 1. The van der Waals surface area contributed by atoms with E-state index in [0.29, 0.717) is 12.6 Å². The molecule has 112 valence electrons. The SMILES string of the molecule is CN(Cc1ccn(C2CCCC2)n1)c1ccccc1CN. The van der Waals surface area contributed by atoms with Crippen molar-refractivity contribution < 1.29 is 0 Å². The highest BCUT2D eigenvalue weighted by atomic mass is 15.3. The lowest BCUT2D eigenvalue weighted by Gasteiger charge is -2.21. The molecule has 1 aliphatic rings. The van der Waals surface area contributed by atoms with E-state index < -0.39 is 0 Å². The Morgan fingerprint density at radius 3 is 2.76 bits per heavy atom. The molecule has 3 rings (SSSR count). The van der Waals surface area contributed by atoms with Crippen molar-refractivity contribution in [3.63, 3.8) is 0 Å². The second-order valence-electron chi connectivity index (χ2n) is 5.91. The monoisotopic (exact) mass is 284 g/mol. The summed E-state index contributed by atoms with van der Waals surface area (Å²) in [5, 5.41) is 4.76. The van der Waals surface area contributed by atoms with Gasteiger partial charge in [0.1, 0.15) is 0 Å². The normalized spacial score (nSPS) is 15.5. The maximum Gasteiger partial charge on any atom is 0.0817 e. The number of aromatic nitrogens is 2. The highest BCUT2D eigenvalue weighted by molar-refractivity contribution is 5.53. The van der Waals surface area contributed by atoms with E-state index >= 15 is 0 Å². The van der Waals surface area contributed by atoms with E-state index in [1.54, 1.807) is 0 Å². The highest BCUT2D eigenvalue weighted by Crippen LogP contribution is 2.29. The van der Waals surface area contributed by atoms with Crippen molar-refractivity contribution in [2.24, 2.45) is 5.73 Å². The van der Waals surface area contributed by atoms with Crippen LogP contribution in [0.5, 0.6) is 0 Å². The third-order valence-electron chi connectivity index (χ3n) is 4.38. The van der Waals surface area contributed by atoms with Crippen molar-refractivity contribution >= 4 is 5.69 Å². The van der Waals surface area contributed by atoms with E-state index in [0.717, 1.165) is 12.2 Å². The smallest absolute Gasteiger partial charge is 0.0817 e. The summed E-state index contributed by atoms with van der Waals surface area (Å²) in [5.41, 5.74) is 9.31.